The molecular weight excluding hydrogens is 219 g/mol. The first-order valence-corrected chi connectivity index (χ1v) is 5.16. The minimum atomic E-state index is -0.262. The number of phenols is 1. The number of carbonyl (C=O) groups is 1. The first-order valence-electron chi connectivity index (χ1n) is 5.16. The van der Waals surface area contributed by atoms with Crippen molar-refractivity contribution in [1.29, 1.82) is 0 Å². The van der Waals surface area contributed by atoms with Gasteiger partial charge in [-0.05, 0) is 47.9 Å². The number of hydrogen-bond acceptors (Lipinski definition) is 2. The minimum Gasteiger partial charge on any atom is -0.507 e. The molecular formula is C14H11FO2. The maximum absolute atomic E-state index is 13.1. The van der Waals surface area contributed by atoms with Gasteiger partial charge >= 0.3 is 0 Å². The molecule has 2 nitrogen and oxygen atoms in total. The van der Waals surface area contributed by atoms with Crippen molar-refractivity contribution in [2.45, 2.75) is 6.92 Å². The van der Waals surface area contributed by atoms with E-state index < -0.39 is 0 Å². The van der Waals surface area contributed by atoms with E-state index in [9.17, 15) is 14.3 Å². The van der Waals surface area contributed by atoms with E-state index in [1.807, 2.05) is 0 Å². The van der Waals surface area contributed by atoms with Gasteiger partial charge in [0.25, 0.3) is 0 Å². The first-order chi connectivity index (χ1) is 8.11. The molecule has 0 fully saturated rings. The molecule has 0 unspecified atom stereocenters. The van der Waals surface area contributed by atoms with E-state index in [1.165, 1.54) is 18.2 Å². The second-order valence-corrected chi connectivity index (χ2v) is 3.86. The van der Waals surface area contributed by atoms with Crippen LogP contribution >= 0.6 is 0 Å². The molecule has 0 aliphatic rings. The van der Waals surface area contributed by atoms with Gasteiger partial charge in [-0.3, -0.25) is 4.79 Å². The van der Waals surface area contributed by atoms with Crippen LogP contribution in [0.15, 0.2) is 36.4 Å². The number of aryl methyl sites for hydroxylation is 1. The smallest absolute Gasteiger partial charge is 0.153 e. The quantitative estimate of drug-likeness (QED) is 0.803. The number of halogens is 1. The van der Waals surface area contributed by atoms with E-state index in [0.29, 0.717) is 11.8 Å². The standard InChI is InChI=1S/C14H11FO2/c1-9-6-10(4-5-13(9)15)11-2-3-12(8-16)14(17)7-11/h2-8,17H,1H3. The molecule has 3 heteroatoms. The summed E-state index contributed by atoms with van der Waals surface area (Å²) >= 11 is 0. The second kappa shape index (κ2) is 4.37. The maximum atomic E-state index is 13.1. The predicted octanol–water partition coefficient (Wildman–Crippen LogP) is 3.32. The lowest BCUT2D eigenvalue weighted by Crippen LogP contribution is -1.86. The van der Waals surface area contributed by atoms with Crippen LogP contribution in [0.4, 0.5) is 4.39 Å². The van der Waals surface area contributed by atoms with Gasteiger partial charge in [-0.15, -0.1) is 0 Å². The molecule has 2 aromatic carbocycles. The highest BCUT2D eigenvalue weighted by Gasteiger charge is 2.05. The Balaban J connectivity index is 2.49. The van der Waals surface area contributed by atoms with Gasteiger partial charge in [0.05, 0.1) is 5.56 Å². The van der Waals surface area contributed by atoms with Crippen molar-refractivity contribution in [2.75, 3.05) is 0 Å². The van der Waals surface area contributed by atoms with Gasteiger partial charge in [-0.2, -0.15) is 0 Å². The number of aldehydes is 1. The topological polar surface area (TPSA) is 37.3 Å². The summed E-state index contributed by atoms with van der Waals surface area (Å²) in [6, 6.07) is 9.47. The Morgan fingerprint density at radius 3 is 2.35 bits per heavy atom. The van der Waals surface area contributed by atoms with Crippen LogP contribution in [0, 0.1) is 12.7 Å². The second-order valence-electron chi connectivity index (χ2n) is 3.86. The van der Waals surface area contributed by atoms with Gasteiger partial charge < -0.3 is 5.11 Å². The zero-order valence-corrected chi connectivity index (χ0v) is 9.27. The lowest BCUT2D eigenvalue weighted by atomic mass is 10.0. The maximum Gasteiger partial charge on any atom is 0.153 e. The highest BCUT2D eigenvalue weighted by Crippen LogP contribution is 2.26. The molecule has 17 heavy (non-hydrogen) atoms. The molecule has 0 heterocycles. The van der Waals surface area contributed by atoms with Crippen molar-refractivity contribution in [1.82, 2.24) is 0 Å². The average Bonchev–Trinajstić information content (AvgIpc) is 2.32. The van der Waals surface area contributed by atoms with Crippen molar-refractivity contribution < 1.29 is 14.3 Å². The summed E-state index contributed by atoms with van der Waals surface area (Å²) in [4.78, 5) is 10.6. The minimum absolute atomic E-state index is 0.0699. The number of phenolic OH excluding ortho intramolecular Hbond substituents is 1. The van der Waals surface area contributed by atoms with E-state index in [-0.39, 0.29) is 17.1 Å². The third-order valence-electron chi connectivity index (χ3n) is 2.65. The summed E-state index contributed by atoms with van der Waals surface area (Å²) in [5, 5.41) is 9.57. The number of hydrogen-bond donors (Lipinski definition) is 1. The van der Waals surface area contributed by atoms with Gasteiger partial charge in [-0.25, -0.2) is 4.39 Å². The molecule has 0 saturated carbocycles. The van der Waals surface area contributed by atoms with Gasteiger partial charge in [0.2, 0.25) is 0 Å². The van der Waals surface area contributed by atoms with Gasteiger partial charge in [0, 0.05) is 0 Å². The lowest BCUT2D eigenvalue weighted by molar-refractivity contribution is 0.112. The normalized spacial score (nSPS) is 10.2. The predicted molar refractivity (Wildman–Crippen MR) is 63.6 cm³/mol. The molecule has 0 radical (unpaired) electrons. The fourth-order valence-electron chi connectivity index (χ4n) is 1.65. The van der Waals surface area contributed by atoms with Crippen LogP contribution < -0.4 is 0 Å². The number of rotatable bonds is 2. The molecule has 0 aliphatic heterocycles. The molecule has 0 saturated heterocycles. The van der Waals surface area contributed by atoms with E-state index >= 15 is 0 Å². The Kier molecular flexibility index (Phi) is 2.91. The van der Waals surface area contributed by atoms with Crippen LogP contribution in [-0.4, -0.2) is 11.4 Å². The largest absolute Gasteiger partial charge is 0.507 e. The zero-order chi connectivity index (χ0) is 12.4. The molecule has 0 aromatic heterocycles. The van der Waals surface area contributed by atoms with Crippen LogP contribution in [0.5, 0.6) is 5.75 Å². The van der Waals surface area contributed by atoms with Gasteiger partial charge in [0.1, 0.15) is 11.6 Å². The Morgan fingerprint density at radius 2 is 1.76 bits per heavy atom. The summed E-state index contributed by atoms with van der Waals surface area (Å²) in [7, 11) is 0. The van der Waals surface area contributed by atoms with E-state index in [0.717, 1.165) is 11.1 Å². The fourth-order valence-corrected chi connectivity index (χ4v) is 1.65. The SMILES string of the molecule is Cc1cc(-c2ccc(C=O)c(O)c2)ccc1F. The summed E-state index contributed by atoms with van der Waals surface area (Å²) in [6.07, 6.45) is 0.592. The molecule has 2 rings (SSSR count). The summed E-state index contributed by atoms with van der Waals surface area (Å²) in [5.41, 5.74) is 2.34. The monoisotopic (exact) mass is 230 g/mol. The highest BCUT2D eigenvalue weighted by molar-refractivity contribution is 5.81. The van der Waals surface area contributed by atoms with Gasteiger partial charge in [0.15, 0.2) is 6.29 Å². The van der Waals surface area contributed by atoms with Crippen LogP contribution in [0.25, 0.3) is 11.1 Å². The van der Waals surface area contributed by atoms with E-state index in [2.05, 4.69) is 0 Å². The van der Waals surface area contributed by atoms with Crippen LogP contribution in [-0.2, 0) is 0 Å². The highest BCUT2D eigenvalue weighted by atomic mass is 19.1. The van der Waals surface area contributed by atoms with Crippen LogP contribution in [0.1, 0.15) is 15.9 Å². The third kappa shape index (κ3) is 2.18. The van der Waals surface area contributed by atoms with Crippen molar-refractivity contribution in [2.24, 2.45) is 0 Å². The Hall–Kier alpha value is -2.16. The third-order valence-corrected chi connectivity index (χ3v) is 2.65. The van der Waals surface area contributed by atoms with Crippen LogP contribution in [0.3, 0.4) is 0 Å². The molecule has 0 atom stereocenters. The molecule has 0 bridgehead atoms. The van der Waals surface area contributed by atoms with E-state index in [1.54, 1.807) is 25.1 Å². The molecule has 2 aromatic rings. The Labute approximate surface area is 98.3 Å². The summed E-state index contributed by atoms with van der Waals surface area (Å²) in [5.74, 6) is -0.332. The number of aromatic hydroxyl groups is 1. The average molecular weight is 230 g/mol. The van der Waals surface area contributed by atoms with Crippen molar-refractivity contribution in [3.05, 3.63) is 53.3 Å². The summed E-state index contributed by atoms with van der Waals surface area (Å²) < 4.78 is 13.1. The zero-order valence-electron chi connectivity index (χ0n) is 9.27. The molecule has 0 amide bonds. The van der Waals surface area contributed by atoms with E-state index in [4.69, 9.17) is 0 Å². The van der Waals surface area contributed by atoms with Crippen molar-refractivity contribution in [3.8, 4) is 16.9 Å². The molecule has 0 spiro atoms. The van der Waals surface area contributed by atoms with Gasteiger partial charge in [-0.1, -0.05) is 12.1 Å². The molecule has 1 N–H and O–H groups in total. The number of benzene rings is 2. The van der Waals surface area contributed by atoms with Crippen LogP contribution in [0.2, 0.25) is 0 Å². The Morgan fingerprint density at radius 1 is 1.12 bits per heavy atom. The summed E-state index contributed by atoms with van der Waals surface area (Å²) in [6.45, 7) is 1.68. The number of carbonyl (C=O) groups excluding carboxylic acids is 1. The molecule has 0 aliphatic carbocycles. The fraction of sp³-hybridized carbons (Fsp3) is 0.0714. The Bertz CT molecular complexity index is 576. The van der Waals surface area contributed by atoms with Crippen molar-refractivity contribution in [3.63, 3.8) is 0 Å². The lowest BCUT2D eigenvalue weighted by Gasteiger charge is -2.05. The molecule has 86 valence electrons. The van der Waals surface area contributed by atoms with Crippen molar-refractivity contribution >= 4 is 6.29 Å². The first kappa shape index (κ1) is 11.3.